The summed E-state index contributed by atoms with van der Waals surface area (Å²) in [5.74, 6) is 0.849. The minimum atomic E-state index is 0.849. The molecule has 0 bridgehead atoms. The van der Waals surface area contributed by atoms with E-state index in [2.05, 4.69) is 35.9 Å². The Hall–Kier alpha value is -2.14. The van der Waals surface area contributed by atoms with Crippen molar-refractivity contribution in [3.05, 3.63) is 52.5 Å². The summed E-state index contributed by atoms with van der Waals surface area (Å²) < 4.78 is 1.03. The Balaban J connectivity index is 2.04. The summed E-state index contributed by atoms with van der Waals surface area (Å²) in [6, 6.07) is 13.9. The number of fused-ring (bicyclic) bond motifs is 1. The highest BCUT2D eigenvalue weighted by Crippen LogP contribution is 2.23. The summed E-state index contributed by atoms with van der Waals surface area (Å²) in [6.07, 6.45) is 1.67. The quantitative estimate of drug-likeness (QED) is 0.583. The first-order valence-electron chi connectivity index (χ1n) is 6.08. The monoisotopic (exact) mass is 329 g/mol. The van der Waals surface area contributed by atoms with E-state index in [0.717, 1.165) is 32.5 Å². The zero-order valence-electron chi connectivity index (χ0n) is 10.8. The summed E-state index contributed by atoms with van der Waals surface area (Å²) >= 11 is 3.47. The van der Waals surface area contributed by atoms with E-state index in [9.17, 15) is 0 Å². The molecule has 20 heavy (non-hydrogen) atoms. The normalized spacial score (nSPS) is 11.3. The zero-order valence-corrected chi connectivity index (χ0v) is 12.4. The van der Waals surface area contributed by atoms with Crippen LogP contribution in [0.25, 0.3) is 22.4 Å². The van der Waals surface area contributed by atoms with Crippen LogP contribution in [0.15, 0.2) is 52.1 Å². The lowest BCUT2D eigenvalue weighted by Gasteiger charge is -1.96. The number of imidazole rings is 1. The minimum Gasteiger partial charge on any atom is -0.399 e. The first-order chi connectivity index (χ1) is 9.76. The van der Waals surface area contributed by atoms with E-state index in [-0.39, 0.29) is 0 Å². The van der Waals surface area contributed by atoms with Gasteiger partial charge in [0.1, 0.15) is 12.9 Å². The summed E-state index contributed by atoms with van der Waals surface area (Å²) in [4.78, 5) is 12.6. The molecular formula is C15H12BrN3O. The Morgan fingerprint density at radius 3 is 2.95 bits per heavy atom. The molecule has 3 rings (SSSR count). The standard InChI is InChI=1S/C15H12BrN3O/c1-20-17-9-10-5-6-13-14(7-10)19-15(18-13)11-3-2-4-12(16)8-11/h2-9H,1H3,(H,18,19). The maximum atomic E-state index is 4.68. The van der Waals surface area contributed by atoms with Gasteiger partial charge < -0.3 is 9.82 Å². The Morgan fingerprint density at radius 1 is 1.25 bits per heavy atom. The number of benzene rings is 2. The van der Waals surface area contributed by atoms with Crippen molar-refractivity contribution in [1.29, 1.82) is 0 Å². The molecule has 1 aromatic heterocycles. The highest BCUT2D eigenvalue weighted by Gasteiger charge is 2.06. The average molecular weight is 330 g/mol. The summed E-state index contributed by atoms with van der Waals surface area (Å²) in [5, 5.41) is 3.76. The molecule has 1 N–H and O–H groups in total. The molecule has 1 heterocycles. The number of halogens is 1. The van der Waals surface area contributed by atoms with Gasteiger partial charge in [-0.15, -0.1) is 0 Å². The lowest BCUT2D eigenvalue weighted by molar-refractivity contribution is 0.215. The Kier molecular flexibility index (Phi) is 3.52. The predicted octanol–water partition coefficient (Wildman–Crippen LogP) is 3.97. The van der Waals surface area contributed by atoms with Crippen LogP contribution in [0.1, 0.15) is 5.56 Å². The van der Waals surface area contributed by atoms with Crippen molar-refractivity contribution in [1.82, 2.24) is 9.97 Å². The molecule has 0 fully saturated rings. The van der Waals surface area contributed by atoms with Crippen LogP contribution in [0.5, 0.6) is 0 Å². The first kappa shape index (κ1) is 12.9. The molecule has 100 valence electrons. The van der Waals surface area contributed by atoms with Gasteiger partial charge in [0, 0.05) is 10.0 Å². The van der Waals surface area contributed by atoms with Crippen molar-refractivity contribution < 1.29 is 4.84 Å². The van der Waals surface area contributed by atoms with E-state index in [1.54, 1.807) is 6.21 Å². The molecule has 2 aromatic carbocycles. The van der Waals surface area contributed by atoms with Gasteiger partial charge in [-0.2, -0.15) is 0 Å². The molecule has 0 aliphatic heterocycles. The van der Waals surface area contributed by atoms with E-state index >= 15 is 0 Å². The Morgan fingerprint density at radius 2 is 2.15 bits per heavy atom. The first-order valence-corrected chi connectivity index (χ1v) is 6.88. The topological polar surface area (TPSA) is 50.3 Å². The van der Waals surface area contributed by atoms with Crippen LogP contribution < -0.4 is 0 Å². The fourth-order valence-electron chi connectivity index (χ4n) is 1.99. The number of nitrogens with zero attached hydrogens (tertiary/aromatic N) is 2. The molecule has 0 unspecified atom stereocenters. The number of rotatable bonds is 3. The molecule has 0 saturated carbocycles. The van der Waals surface area contributed by atoms with E-state index < -0.39 is 0 Å². The molecule has 0 aliphatic rings. The van der Waals surface area contributed by atoms with Crippen molar-refractivity contribution in [3.63, 3.8) is 0 Å². The van der Waals surface area contributed by atoms with Crippen molar-refractivity contribution in [2.45, 2.75) is 0 Å². The third-order valence-corrected chi connectivity index (χ3v) is 3.40. The average Bonchev–Trinajstić information content (AvgIpc) is 2.88. The second kappa shape index (κ2) is 5.46. The lowest BCUT2D eigenvalue weighted by atomic mass is 10.2. The van der Waals surface area contributed by atoms with Crippen molar-refractivity contribution in [2.24, 2.45) is 5.16 Å². The molecular weight excluding hydrogens is 318 g/mol. The van der Waals surface area contributed by atoms with Crippen molar-refractivity contribution in [3.8, 4) is 11.4 Å². The van der Waals surface area contributed by atoms with Gasteiger partial charge in [0.2, 0.25) is 0 Å². The number of nitrogens with one attached hydrogen (secondary N) is 1. The number of H-pyrrole nitrogens is 1. The summed E-state index contributed by atoms with van der Waals surface area (Å²) in [5.41, 5.74) is 3.90. The maximum Gasteiger partial charge on any atom is 0.138 e. The third-order valence-electron chi connectivity index (χ3n) is 2.91. The largest absolute Gasteiger partial charge is 0.399 e. The van der Waals surface area contributed by atoms with Crippen LogP contribution >= 0.6 is 15.9 Å². The van der Waals surface area contributed by atoms with Crippen molar-refractivity contribution in [2.75, 3.05) is 7.11 Å². The van der Waals surface area contributed by atoms with E-state index in [1.165, 1.54) is 7.11 Å². The van der Waals surface area contributed by atoms with E-state index in [1.807, 2.05) is 42.5 Å². The minimum absolute atomic E-state index is 0.849. The summed E-state index contributed by atoms with van der Waals surface area (Å²) in [7, 11) is 1.52. The predicted molar refractivity (Wildman–Crippen MR) is 83.8 cm³/mol. The maximum absolute atomic E-state index is 4.68. The van der Waals surface area contributed by atoms with Gasteiger partial charge in [-0.1, -0.05) is 39.3 Å². The van der Waals surface area contributed by atoms with Gasteiger partial charge in [-0.25, -0.2) is 4.98 Å². The molecule has 0 saturated heterocycles. The number of hydrogen-bond donors (Lipinski definition) is 1. The second-order valence-electron chi connectivity index (χ2n) is 4.29. The van der Waals surface area contributed by atoms with Gasteiger partial charge in [0.15, 0.2) is 0 Å². The Bertz CT molecular complexity index is 780. The fourth-order valence-corrected chi connectivity index (χ4v) is 2.39. The van der Waals surface area contributed by atoms with Crippen LogP contribution in [0.3, 0.4) is 0 Å². The highest BCUT2D eigenvalue weighted by molar-refractivity contribution is 9.10. The second-order valence-corrected chi connectivity index (χ2v) is 5.21. The smallest absolute Gasteiger partial charge is 0.138 e. The molecule has 0 aliphatic carbocycles. The zero-order chi connectivity index (χ0) is 13.9. The highest BCUT2D eigenvalue weighted by atomic mass is 79.9. The van der Waals surface area contributed by atoms with Crippen LogP contribution in [0.2, 0.25) is 0 Å². The molecule has 0 atom stereocenters. The van der Waals surface area contributed by atoms with Gasteiger partial charge in [0.25, 0.3) is 0 Å². The molecule has 0 amide bonds. The number of aromatic amines is 1. The fraction of sp³-hybridized carbons (Fsp3) is 0.0667. The van der Waals surface area contributed by atoms with Crippen molar-refractivity contribution >= 4 is 33.2 Å². The van der Waals surface area contributed by atoms with Gasteiger partial charge >= 0.3 is 0 Å². The molecule has 4 nitrogen and oxygen atoms in total. The van der Waals surface area contributed by atoms with Crippen LogP contribution in [-0.4, -0.2) is 23.3 Å². The molecule has 0 spiro atoms. The SMILES string of the molecule is CON=Cc1ccc2nc(-c3cccc(Br)c3)[nH]c2c1. The van der Waals surface area contributed by atoms with Crippen LogP contribution in [0, 0.1) is 0 Å². The molecule has 0 radical (unpaired) electrons. The lowest BCUT2D eigenvalue weighted by Crippen LogP contribution is -1.81. The number of hydrogen-bond acceptors (Lipinski definition) is 3. The van der Waals surface area contributed by atoms with Gasteiger partial charge in [0.05, 0.1) is 17.2 Å². The molecule has 3 aromatic rings. The molecule has 5 heteroatoms. The third kappa shape index (κ3) is 2.58. The van der Waals surface area contributed by atoms with E-state index in [4.69, 9.17) is 0 Å². The van der Waals surface area contributed by atoms with Crippen LogP contribution in [-0.2, 0) is 4.84 Å². The summed E-state index contributed by atoms with van der Waals surface area (Å²) in [6.45, 7) is 0. The van der Waals surface area contributed by atoms with Gasteiger partial charge in [-0.05, 0) is 29.8 Å². The number of aromatic nitrogens is 2. The number of oxime groups is 1. The van der Waals surface area contributed by atoms with E-state index in [0.29, 0.717) is 0 Å². The van der Waals surface area contributed by atoms with Gasteiger partial charge in [-0.3, -0.25) is 0 Å². The Labute approximate surface area is 124 Å². The van der Waals surface area contributed by atoms with Crippen LogP contribution in [0.4, 0.5) is 0 Å².